The zero-order chi connectivity index (χ0) is 11.6. The van der Waals surface area contributed by atoms with Crippen LogP contribution in [-0.4, -0.2) is 33.0 Å². The van der Waals surface area contributed by atoms with Crippen molar-refractivity contribution in [3.8, 4) is 5.75 Å². The average Bonchev–Trinajstić information content (AvgIpc) is 2.16. The molecule has 0 aromatic heterocycles. The summed E-state index contributed by atoms with van der Waals surface area (Å²) in [4.78, 5) is 32.0. The Bertz CT molecular complexity index is 448. The number of hydrogen-bond donors (Lipinski definition) is 3. The molecule has 0 saturated heterocycles. The van der Waals surface area contributed by atoms with Gasteiger partial charge in [-0.2, -0.15) is 0 Å². The number of phenolic OH excluding ortho intramolecular Hbond substituents is 1. The molecular formula is C9H6O6. The van der Waals surface area contributed by atoms with Crippen molar-refractivity contribution in [1.82, 2.24) is 0 Å². The van der Waals surface area contributed by atoms with Gasteiger partial charge in [-0.3, -0.25) is 4.79 Å². The normalized spacial score (nSPS) is 9.60. The summed E-state index contributed by atoms with van der Waals surface area (Å²) in [6.07, 6.45) is 0. The Labute approximate surface area is 83.4 Å². The minimum Gasteiger partial charge on any atom is -0.508 e. The average molecular weight is 210 g/mol. The number of carbonyl (C=O) groups excluding carboxylic acids is 1. The minimum absolute atomic E-state index is 0.352. The number of rotatable bonds is 3. The molecular weight excluding hydrogens is 204 g/mol. The van der Waals surface area contributed by atoms with Gasteiger partial charge in [0.25, 0.3) is 5.78 Å². The van der Waals surface area contributed by atoms with Crippen LogP contribution in [0.1, 0.15) is 20.7 Å². The Morgan fingerprint density at radius 3 is 2.07 bits per heavy atom. The van der Waals surface area contributed by atoms with Gasteiger partial charge in [0.2, 0.25) is 0 Å². The Balaban J connectivity index is 3.35. The summed E-state index contributed by atoms with van der Waals surface area (Å²) in [6.45, 7) is 0. The molecule has 0 bridgehead atoms. The number of carbonyl (C=O) groups is 3. The molecule has 1 rings (SSSR count). The van der Waals surface area contributed by atoms with Crippen molar-refractivity contribution in [2.45, 2.75) is 0 Å². The second-order valence-electron chi connectivity index (χ2n) is 2.67. The van der Waals surface area contributed by atoms with Crippen LogP contribution >= 0.6 is 0 Å². The molecule has 0 saturated carbocycles. The maximum absolute atomic E-state index is 11.0. The second kappa shape index (κ2) is 3.79. The molecule has 0 aliphatic carbocycles. The molecule has 0 amide bonds. The smallest absolute Gasteiger partial charge is 0.377 e. The number of carboxylic acids is 2. The van der Waals surface area contributed by atoms with Gasteiger partial charge >= 0.3 is 11.9 Å². The van der Waals surface area contributed by atoms with Crippen molar-refractivity contribution in [1.29, 1.82) is 0 Å². The third-order valence-electron chi connectivity index (χ3n) is 1.67. The van der Waals surface area contributed by atoms with Gasteiger partial charge < -0.3 is 15.3 Å². The first-order valence-electron chi connectivity index (χ1n) is 3.77. The molecule has 1 aromatic rings. The quantitative estimate of drug-likeness (QED) is 0.490. The molecule has 0 unspecified atom stereocenters. The van der Waals surface area contributed by atoms with E-state index in [1.54, 1.807) is 0 Å². The van der Waals surface area contributed by atoms with Crippen LogP contribution in [0.15, 0.2) is 18.2 Å². The van der Waals surface area contributed by atoms with Crippen LogP contribution in [0.4, 0.5) is 0 Å². The van der Waals surface area contributed by atoms with Crippen molar-refractivity contribution >= 4 is 17.7 Å². The van der Waals surface area contributed by atoms with Gasteiger partial charge in [-0.05, 0) is 18.2 Å². The van der Waals surface area contributed by atoms with E-state index < -0.39 is 28.8 Å². The zero-order valence-corrected chi connectivity index (χ0v) is 7.30. The monoisotopic (exact) mass is 210 g/mol. The van der Waals surface area contributed by atoms with Crippen molar-refractivity contribution in [3.63, 3.8) is 0 Å². The van der Waals surface area contributed by atoms with E-state index >= 15 is 0 Å². The summed E-state index contributed by atoms with van der Waals surface area (Å²) in [6, 6.07) is 2.82. The second-order valence-corrected chi connectivity index (χ2v) is 2.67. The summed E-state index contributed by atoms with van der Waals surface area (Å²) >= 11 is 0. The lowest BCUT2D eigenvalue weighted by Crippen LogP contribution is -2.16. The molecule has 6 heteroatoms. The van der Waals surface area contributed by atoms with E-state index in [9.17, 15) is 14.4 Å². The molecule has 0 aliphatic heterocycles. The molecule has 0 fully saturated rings. The molecule has 3 N–H and O–H groups in total. The number of Topliss-reactive ketones (excluding diaryl/α,β-unsaturated/α-hetero) is 1. The van der Waals surface area contributed by atoms with E-state index in [1.165, 1.54) is 0 Å². The first kappa shape index (κ1) is 10.7. The van der Waals surface area contributed by atoms with Crippen LogP contribution in [0.5, 0.6) is 5.75 Å². The number of phenols is 1. The fourth-order valence-corrected chi connectivity index (χ4v) is 1.02. The lowest BCUT2D eigenvalue weighted by molar-refractivity contribution is -0.131. The van der Waals surface area contributed by atoms with Crippen molar-refractivity contribution < 1.29 is 29.7 Å². The van der Waals surface area contributed by atoms with Gasteiger partial charge in [-0.25, -0.2) is 9.59 Å². The Kier molecular flexibility index (Phi) is 2.70. The first-order chi connectivity index (χ1) is 6.93. The number of carboxylic acid groups (broad SMARTS) is 2. The van der Waals surface area contributed by atoms with Gasteiger partial charge in [-0.15, -0.1) is 0 Å². The van der Waals surface area contributed by atoms with Crippen molar-refractivity contribution in [2.75, 3.05) is 0 Å². The molecule has 0 radical (unpaired) electrons. The largest absolute Gasteiger partial charge is 0.508 e. The predicted octanol–water partition coefficient (Wildman–Crippen LogP) is 0.358. The first-order valence-corrected chi connectivity index (χ1v) is 3.77. The van der Waals surface area contributed by atoms with E-state index in [1.807, 2.05) is 0 Å². The van der Waals surface area contributed by atoms with Crippen molar-refractivity contribution in [3.05, 3.63) is 29.3 Å². The number of benzene rings is 1. The van der Waals surface area contributed by atoms with Gasteiger partial charge in [0, 0.05) is 5.56 Å². The van der Waals surface area contributed by atoms with Crippen LogP contribution in [0.2, 0.25) is 0 Å². The molecule has 0 spiro atoms. The topological polar surface area (TPSA) is 112 Å². The van der Waals surface area contributed by atoms with E-state index in [0.29, 0.717) is 0 Å². The number of aliphatic carboxylic acids is 1. The highest BCUT2D eigenvalue weighted by molar-refractivity contribution is 6.41. The summed E-state index contributed by atoms with van der Waals surface area (Å²) in [5, 5.41) is 26.1. The molecule has 0 atom stereocenters. The number of aromatic hydroxyl groups is 1. The molecule has 0 heterocycles. The Morgan fingerprint density at radius 1 is 1.00 bits per heavy atom. The van der Waals surface area contributed by atoms with Crippen molar-refractivity contribution in [2.24, 2.45) is 0 Å². The lowest BCUT2D eigenvalue weighted by atomic mass is 10.0. The Morgan fingerprint density at radius 2 is 1.60 bits per heavy atom. The molecule has 0 aliphatic rings. The predicted molar refractivity (Wildman–Crippen MR) is 47.0 cm³/mol. The number of ketones is 1. The van der Waals surface area contributed by atoms with Crippen LogP contribution in [-0.2, 0) is 4.79 Å². The minimum atomic E-state index is -1.75. The van der Waals surface area contributed by atoms with Gasteiger partial charge in [0.15, 0.2) is 0 Å². The van der Waals surface area contributed by atoms with E-state index in [2.05, 4.69) is 0 Å². The van der Waals surface area contributed by atoms with Gasteiger partial charge in [-0.1, -0.05) is 0 Å². The maximum atomic E-state index is 11.0. The summed E-state index contributed by atoms with van der Waals surface area (Å²) in [7, 11) is 0. The highest BCUT2D eigenvalue weighted by Gasteiger charge is 2.22. The molecule has 78 valence electrons. The Hall–Kier alpha value is -2.37. The summed E-state index contributed by atoms with van der Waals surface area (Å²) in [5.74, 6) is -4.90. The van der Waals surface area contributed by atoms with Crippen LogP contribution in [0.25, 0.3) is 0 Å². The summed E-state index contributed by atoms with van der Waals surface area (Å²) < 4.78 is 0. The third kappa shape index (κ3) is 2.11. The summed E-state index contributed by atoms with van der Waals surface area (Å²) in [5.41, 5.74) is -1.00. The van der Waals surface area contributed by atoms with E-state index in [4.69, 9.17) is 15.3 Å². The van der Waals surface area contributed by atoms with Crippen LogP contribution in [0, 0.1) is 0 Å². The molecule has 15 heavy (non-hydrogen) atoms. The standard InChI is InChI=1S/C9H6O6/c10-4-1-2-5(7(11)9(14)15)6(3-4)8(12)13/h1-3,10H,(H,12,13)(H,14,15). The molecule has 1 aromatic carbocycles. The van der Waals surface area contributed by atoms with Gasteiger partial charge in [0.1, 0.15) is 5.75 Å². The highest BCUT2D eigenvalue weighted by Crippen LogP contribution is 2.17. The fourth-order valence-electron chi connectivity index (χ4n) is 1.02. The number of hydrogen-bond acceptors (Lipinski definition) is 4. The molecule has 6 nitrogen and oxygen atoms in total. The fraction of sp³-hybridized carbons (Fsp3) is 0. The zero-order valence-electron chi connectivity index (χ0n) is 7.30. The maximum Gasteiger partial charge on any atom is 0.377 e. The SMILES string of the molecule is O=C(O)C(=O)c1ccc(O)cc1C(=O)O. The van der Waals surface area contributed by atoms with E-state index in [-0.39, 0.29) is 5.75 Å². The highest BCUT2D eigenvalue weighted by atomic mass is 16.4. The van der Waals surface area contributed by atoms with E-state index in [0.717, 1.165) is 18.2 Å². The van der Waals surface area contributed by atoms with Gasteiger partial charge in [0.05, 0.1) is 5.56 Å². The van der Waals surface area contributed by atoms with Crippen LogP contribution < -0.4 is 0 Å². The number of aromatic carboxylic acids is 1. The van der Waals surface area contributed by atoms with Crippen LogP contribution in [0.3, 0.4) is 0 Å². The third-order valence-corrected chi connectivity index (χ3v) is 1.67. The lowest BCUT2D eigenvalue weighted by Gasteiger charge is -2.02.